The number of amides is 1. The summed E-state index contributed by atoms with van der Waals surface area (Å²) in [6.07, 6.45) is 3.18. The predicted octanol–water partition coefficient (Wildman–Crippen LogP) is 4.39. The molecule has 9 nitrogen and oxygen atoms in total. The van der Waals surface area contributed by atoms with Crippen molar-refractivity contribution >= 4 is 23.3 Å². The van der Waals surface area contributed by atoms with Crippen LogP contribution in [0.15, 0.2) is 82.3 Å². The first-order valence-corrected chi connectivity index (χ1v) is 11.6. The van der Waals surface area contributed by atoms with E-state index < -0.39 is 0 Å². The van der Waals surface area contributed by atoms with Crippen LogP contribution < -0.4 is 16.2 Å². The van der Waals surface area contributed by atoms with Crippen LogP contribution in [0.25, 0.3) is 17.0 Å². The van der Waals surface area contributed by atoms with E-state index >= 15 is 0 Å². The van der Waals surface area contributed by atoms with E-state index in [-0.39, 0.29) is 17.5 Å². The summed E-state index contributed by atoms with van der Waals surface area (Å²) >= 11 is 0. The number of anilines is 3. The van der Waals surface area contributed by atoms with E-state index in [2.05, 4.69) is 21.7 Å². The van der Waals surface area contributed by atoms with Crippen LogP contribution in [-0.2, 0) is 4.79 Å². The highest BCUT2D eigenvalue weighted by molar-refractivity contribution is 5.92. The number of benzene rings is 2. The number of hydrogen-bond donors (Lipinski definition) is 2. The first-order chi connectivity index (χ1) is 17.5. The van der Waals surface area contributed by atoms with Crippen LogP contribution in [0.1, 0.15) is 19.4 Å². The van der Waals surface area contributed by atoms with Gasteiger partial charge in [-0.05, 0) is 55.6 Å². The molecule has 9 heteroatoms. The largest absolute Gasteiger partial charge is 0.423 e. The molecule has 2 N–H and O–H groups in total. The number of nitrogens with zero attached hydrogens (tertiary/aromatic N) is 4. The topological polar surface area (TPSA) is 116 Å². The molecule has 0 saturated heterocycles. The number of aromatic nitrogens is 2. The van der Waals surface area contributed by atoms with Crippen molar-refractivity contribution in [3.63, 3.8) is 0 Å². The molecule has 0 spiro atoms. The Kier molecular flexibility index (Phi) is 7.58. The third kappa shape index (κ3) is 5.68. The lowest BCUT2D eigenvalue weighted by atomic mass is 10.1. The molecule has 182 valence electrons. The Bertz CT molecular complexity index is 1460. The quantitative estimate of drug-likeness (QED) is 0.363. The van der Waals surface area contributed by atoms with Gasteiger partial charge in [-0.2, -0.15) is 5.26 Å². The van der Waals surface area contributed by atoms with Gasteiger partial charge < -0.3 is 15.1 Å². The van der Waals surface area contributed by atoms with E-state index in [9.17, 15) is 14.9 Å². The zero-order valence-corrected chi connectivity index (χ0v) is 20.1. The summed E-state index contributed by atoms with van der Waals surface area (Å²) in [5.74, 6) is 0.388. The van der Waals surface area contributed by atoms with Gasteiger partial charge >= 0.3 is 0 Å². The van der Waals surface area contributed by atoms with Gasteiger partial charge in [0.05, 0.1) is 24.0 Å². The Morgan fingerprint density at radius 2 is 1.89 bits per heavy atom. The molecule has 4 aromatic rings. The number of hydrogen-bond acceptors (Lipinski definition) is 7. The lowest BCUT2D eigenvalue weighted by Gasteiger charge is -2.17. The van der Waals surface area contributed by atoms with Crippen LogP contribution in [0, 0.1) is 11.3 Å². The Balaban J connectivity index is 1.52. The highest BCUT2D eigenvalue weighted by Crippen LogP contribution is 2.28. The van der Waals surface area contributed by atoms with Crippen molar-refractivity contribution in [3.8, 4) is 23.1 Å². The van der Waals surface area contributed by atoms with Crippen molar-refractivity contribution in [2.75, 3.05) is 30.3 Å². The highest BCUT2D eigenvalue weighted by atomic mass is 16.4. The van der Waals surface area contributed by atoms with Gasteiger partial charge in [-0.1, -0.05) is 26.0 Å². The number of rotatable bonds is 9. The van der Waals surface area contributed by atoms with E-state index in [0.29, 0.717) is 40.5 Å². The summed E-state index contributed by atoms with van der Waals surface area (Å²) < 4.78 is 7.30. The fourth-order valence-electron chi connectivity index (χ4n) is 3.72. The van der Waals surface area contributed by atoms with E-state index in [0.717, 1.165) is 13.1 Å². The molecule has 0 aliphatic rings. The maximum Gasteiger partial charge on any atom is 0.299 e. The van der Waals surface area contributed by atoms with Gasteiger partial charge in [0.1, 0.15) is 6.07 Å². The third-order valence-corrected chi connectivity index (χ3v) is 5.65. The van der Waals surface area contributed by atoms with Crippen LogP contribution in [0.5, 0.6) is 0 Å². The minimum absolute atomic E-state index is 0.0802. The number of carbonyl (C=O) groups is 1. The highest BCUT2D eigenvalue weighted by Gasteiger charge is 2.13. The molecule has 0 fully saturated rings. The van der Waals surface area contributed by atoms with Crippen molar-refractivity contribution in [1.82, 2.24) is 14.5 Å². The van der Waals surface area contributed by atoms with Crippen LogP contribution in [0.3, 0.4) is 0 Å². The van der Waals surface area contributed by atoms with Gasteiger partial charge in [-0.3, -0.25) is 19.1 Å². The van der Waals surface area contributed by atoms with Crippen LogP contribution in [0.4, 0.5) is 17.4 Å². The van der Waals surface area contributed by atoms with E-state index in [1.807, 2.05) is 36.9 Å². The Labute approximate surface area is 208 Å². The van der Waals surface area contributed by atoms with Gasteiger partial charge in [0.15, 0.2) is 5.76 Å². The molecule has 1 amide bonds. The molecule has 0 radical (unpaired) electrons. The zero-order valence-electron chi connectivity index (χ0n) is 20.1. The second-order valence-corrected chi connectivity index (χ2v) is 8.00. The Morgan fingerprint density at radius 1 is 1.08 bits per heavy atom. The summed E-state index contributed by atoms with van der Waals surface area (Å²) in [7, 11) is 0. The van der Waals surface area contributed by atoms with E-state index in [4.69, 9.17) is 4.42 Å². The molecular weight excluding hydrogens is 456 g/mol. The minimum atomic E-state index is -0.241. The number of carbonyl (C=O) groups excluding carboxylic acids is 1. The second kappa shape index (κ2) is 11.2. The molecule has 2 aromatic heterocycles. The standard InChI is InChI=1S/C27H26N6O3/c1-3-32(4-2)18-25(34)30-21-8-7-9-22(15-21)31-27-29-17-24(36-27)19-11-12-20(16-28)23(14-19)33-13-6-5-10-26(33)35/h5-15,17H,3-4,18H2,1-2H3,(H,29,31)(H,30,34). The maximum atomic E-state index is 12.3. The molecule has 0 bridgehead atoms. The normalized spacial score (nSPS) is 10.7. The molecule has 0 saturated carbocycles. The van der Waals surface area contributed by atoms with Crippen LogP contribution in [-0.4, -0.2) is 40.0 Å². The number of pyridine rings is 1. The Morgan fingerprint density at radius 3 is 2.64 bits per heavy atom. The lowest BCUT2D eigenvalue weighted by molar-refractivity contribution is -0.117. The predicted molar refractivity (Wildman–Crippen MR) is 138 cm³/mol. The van der Waals surface area contributed by atoms with E-state index in [1.165, 1.54) is 10.6 Å². The van der Waals surface area contributed by atoms with Gasteiger partial charge in [0.25, 0.3) is 11.6 Å². The van der Waals surface area contributed by atoms with Crippen molar-refractivity contribution in [2.24, 2.45) is 0 Å². The number of likely N-dealkylation sites (N-methyl/N-ethyl adjacent to an activating group) is 1. The number of nitrogens with one attached hydrogen (secondary N) is 2. The van der Waals surface area contributed by atoms with Crippen molar-refractivity contribution < 1.29 is 9.21 Å². The molecule has 4 rings (SSSR count). The van der Waals surface area contributed by atoms with Gasteiger partial charge in [0.2, 0.25) is 5.91 Å². The Hall–Kier alpha value is -4.68. The van der Waals surface area contributed by atoms with Crippen molar-refractivity contribution in [1.29, 1.82) is 5.26 Å². The minimum Gasteiger partial charge on any atom is -0.423 e. The maximum absolute atomic E-state index is 12.3. The number of oxazole rings is 1. The molecule has 0 aliphatic heterocycles. The SMILES string of the molecule is CCN(CC)CC(=O)Nc1cccc(Nc2ncc(-c3ccc(C#N)c(-n4ccccc4=O)c3)o2)c1. The fourth-order valence-corrected chi connectivity index (χ4v) is 3.72. The fraction of sp³-hybridized carbons (Fsp3) is 0.185. The number of nitriles is 1. The summed E-state index contributed by atoms with van der Waals surface area (Å²) in [5.41, 5.74) is 2.60. The van der Waals surface area contributed by atoms with Crippen LogP contribution in [0.2, 0.25) is 0 Å². The smallest absolute Gasteiger partial charge is 0.299 e. The summed E-state index contributed by atoms with van der Waals surface area (Å²) in [5, 5.41) is 15.5. The molecule has 2 heterocycles. The van der Waals surface area contributed by atoms with Gasteiger partial charge in [-0.15, -0.1) is 0 Å². The van der Waals surface area contributed by atoms with Gasteiger partial charge in [0, 0.05) is 29.2 Å². The molecule has 0 unspecified atom stereocenters. The zero-order chi connectivity index (χ0) is 25.5. The average Bonchev–Trinajstić information content (AvgIpc) is 3.36. The van der Waals surface area contributed by atoms with E-state index in [1.54, 1.807) is 48.8 Å². The van der Waals surface area contributed by atoms with Crippen molar-refractivity contribution in [3.05, 3.63) is 89.0 Å². The van der Waals surface area contributed by atoms with Gasteiger partial charge in [-0.25, -0.2) is 4.98 Å². The first kappa shape index (κ1) is 24.4. The molecule has 2 aromatic carbocycles. The van der Waals surface area contributed by atoms with Crippen LogP contribution >= 0.6 is 0 Å². The molecule has 0 atom stereocenters. The first-order valence-electron chi connectivity index (χ1n) is 11.6. The average molecular weight is 483 g/mol. The summed E-state index contributed by atoms with van der Waals surface area (Å²) in [4.78, 5) is 31.0. The molecule has 36 heavy (non-hydrogen) atoms. The summed E-state index contributed by atoms with van der Waals surface area (Å²) in [6, 6.07) is 19.6. The lowest BCUT2D eigenvalue weighted by Crippen LogP contribution is -2.32. The molecular formula is C27H26N6O3. The molecule has 0 aliphatic carbocycles. The monoisotopic (exact) mass is 482 g/mol. The third-order valence-electron chi connectivity index (χ3n) is 5.65. The second-order valence-electron chi connectivity index (χ2n) is 8.00. The summed E-state index contributed by atoms with van der Waals surface area (Å²) in [6.45, 7) is 5.98. The van der Waals surface area contributed by atoms with Crippen molar-refractivity contribution in [2.45, 2.75) is 13.8 Å².